The van der Waals surface area contributed by atoms with Crippen LogP contribution in [0, 0.1) is 12.8 Å². The molecule has 2 aromatic rings. The van der Waals surface area contributed by atoms with E-state index in [2.05, 4.69) is 31.8 Å². The number of rotatable bonds is 13. The molecule has 11 heteroatoms. The van der Waals surface area contributed by atoms with E-state index in [0.717, 1.165) is 5.56 Å². The number of benzene rings is 2. The van der Waals surface area contributed by atoms with Crippen LogP contribution < -0.4 is 25.0 Å². The fraction of sp³-hybridized carbons (Fsp3) is 0.360. The first-order valence-electron chi connectivity index (χ1n) is 11.1. The van der Waals surface area contributed by atoms with Crippen LogP contribution in [0.2, 0.25) is 0 Å². The lowest BCUT2D eigenvalue weighted by Crippen LogP contribution is -2.47. The van der Waals surface area contributed by atoms with Crippen LogP contribution in [0.15, 0.2) is 46.0 Å². The third-order valence-electron chi connectivity index (χ3n) is 4.79. The van der Waals surface area contributed by atoms with Crippen molar-refractivity contribution in [2.45, 2.75) is 33.2 Å². The number of aryl methyl sites for hydroxylation is 1. The summed E-state index contributed by atoms with van der Waals surface area (Å²) < 4.78 is 16.5. The molecule has 0 aliphatic heterocycles. The number of carbonyl (C=O) groups excluding carboxylic acids is 2. The Hall–Kier alpha value is -3.60. The largest absolute Gasteiger partial charge is 0.493 e. The van der Waals surface area contributed by atoms with E-state index in [1.165, 1.54) is 13.3 Å². The van der Waals surface area contributed by atoms with Gasteiger partial charge in [-0.15, -0.1) is 0 Å². The highest BCUT2D eigenvalue weighted by Crippen LogP contribution is 2.36. The predicted octanol–water partition coefficient (Wildman–Crippen LogP) is 3.29. The second-order valence-corrected chi connectivity index (χ2v) is 9.11. The van der Waals surface area contributed by atoms with Crippen molar-refractivity contribution in [3.05, 3.63) is 52.0 Å². The zero-order valence-electron chi connectivity index (χ0n) is 20.5. The maximum Gasteiger partial charge on any atom is 0.341 e. The van der Waals surface area contributed by atoms with Gasteiger partial charge in [-0.25, -0.2) is 10.2 Å². The lowest BCUT2D eigenvalue weighted by Gasteiger charge is -2.19. The molecule has 0 aliphatic carbocycles. The number of nitrogens with zero attached hydrogens (tertiary/aromatic N) is 1. The van der Waals surface area contributed by atoms with E-state index in [-0.39, 0.29) is 24.0 Å². The van der Waals surface area contributed by atoms with Gasteiger partial charge in [-0.2, -0.15) is 5.10 Å². The van der Waals surface area contributed by atoms with Crippen LogP contribution in [0.3, 0.4) is 0 Å². The summed E-state index contributed by atoms with van der Waals surface area (Å²) in [5.74, 6) is -0.762. The lowest BCUT2D eigenvalue weighted by atomic mass is 10.0. The number of hydrogen-bond acceptors (Lipinski definition) is 7. The maximum absolute atomic E-state index is 12.7. The fourth-order valence-corrected chi connectivity index (χ4v) is 3.71. The monoisotopic (exact) mass is 563 g/mol. The van der Waals surface area contributed by atoms with Crippen LogP contribution in [-0.4, -0.2) is 55.5 Å². The second kappa shape index (κ2) is 14.1. The number of para-hydroxylation sites is 1. The van der Waals surface area contributed by atoms with E-state index in [4.69, 9.17) is 19.3 Å². The van der Waals surface area contributed by atoms with Gasteiger partial charge in [0.25, 0.3) is 11.8 Å². The normalized spacial score (nSPS) is 11.7. The number of aliphatic carboxylic acids is 1. The Morgan fingerprint density at radius 1 is 1.11 bits per heavy atom. The van der Waals surface area contributed by atoms with Crippen molar-refractivity contribution in [2.24, 2.45) is 11.0 Å². The van der Waals surface area contributed by atoms with Gasteiger partial charge in [0.05, 0.1) is 17.8 Å². The molecule has 36 heavy (non-hydrogen) atoms. The highest BCUT2D eigenvalue weighted by Gasteiger charge is 2.22. The zero-order chi connectivity index (χ0) is 26.7. The molecule has 0 bridgehead atoms. The zero-order valence-corrected chi connectivity index (χ0v) is 22.1. The van der Waals surface area contributed by atoms with Crippen LogP contribution in [0.4, 0.5) is 0 Å². The molecule has 0 spiro atoms. The molecule has 0 saturated carbocycles. The molecule has 3 N–H and O–H groups in total. The molecule has 0 heterocycles. The molecule has 10 nitrogen and oxygen atoms in total. The molecule has 2 amide bonds. The molecule has 194 valence electrons. The van der Waals surface area contributed by atoms with Crippen LogP contribution in [0.5, 0.6) is 17.2 Å². The third kappa shape index (κ3) is 9.21. The van der Waals surface area contributed by atoms with Gasteiger partial charge in [-0.05, 0) is 64.5 Å². The average Bonchev–Trinajstić information content (AvgIpc) is 2.81. The summed E-state index contributed by atoms with van der Waals surface area (Å²) in [4.78, 5) is 36.0. The second-order valence-electron chi connectivity index (χ2n) is 8.25. The number of carbonyl (C=O) groups is 3. The molecule has 0 unspecified atom stereocenters. The SMILES string of the molecule is COc1cc(/C=N\NC(=O)[C@@H](CC(C)C)NC(=O)COc2ccccc2C)cc(Br)c1OCC(=O)O. The van der Waals surface area contributed by atoms with Crippen molar-refractivity contribution in [1.82, 2.24) is 10.7 Å². The molecule has 0 aromatic heterocycles. The number of carboxylic acid groups (broad SMARTS) is 1. The number of nitrogens with one attached hydrogen (secondary N) is 2. The number of hydrazone groups is 1. The first-order valence-corrected chi connectivity index (χ1v) is 11.9. The van der Waals surface area contributed by atoms with Gasteiger partial charge in [0.2, 0.25) is 0 Å². The Morgan fingerprint density at radius 3 is 2.47 bits per heavy atom. The molecule has 0 aliphatic rings. The Balaban J connectivity index is 2.02. The van der Waals surface area contributed by atoms with E-state index >= 15 is 0 Å². The van der Waals surface area contributed by atoms with Gasteiger partial charge < -0.3 is 24.6 Å². The number of carboxylic acids is 1. The third-order valence-corrected chi connectivity index (χ3v) is 5.38. The summed E-state index contributed by atoms with van der Waals surface area (Å²) in [6.45, 7) is 5.01. The highest BCUT2D eigenvalue weighted by molar-refractivity contribution is 9.10. The van der Waals surface area contributed by atoms with Crippen LogP contribution in [0.1, 0.15) is 31.4 Å². The van der Waals surface area contributed by atoms with Crippen LogP contribution in [0.25, 0.3) is 0 Å². The lowest BCUT2D eigenvalue weighted by molar-refractivity contribution is -0.139. The van der Waals surface area contributed by atoms with Gasteiger partial charge in [-0.3, -0.25) is 9.59 Å². The molecule has 0 saturated heterocycles. The van der Waals surface area contributed by atoms with Crippen molar-refractivity contribution in [1.29, 1.82) is 0 Å². The first kappa shape index (κ1) is 28.6. The number of halogens is 1. The summed E-state index contributed by atoms with van der Waals surface area (Å²) >= 11 is 3.32. The number of amides is 2. The molecular weight excluding hydrogens is 534 g/mol. The highest BCUT2D eigenvalue weighted by atomic mass is 79.9. The van der Waals surface area contributed by atoms with Crippen molar-refractivity contribution in [2.75, 3.05) is 20.3 Å². The van der Waals surface area contributed by atoms with Gasteiger partial charge in [0, 0.05) is 0 Å². The van der Waals surface area contributed by atoms with Crippen molar-refractivity contribution < 1.29 is 33.7 Å². The minimum absolute atomic E-state index is 0.140. The molecule has 0 radical (unpaired) electrons. The van der Waals surface area contributed by atoms with E-state index in [9.17, 15) is 14.4 Å². The summed E-state index contributed by atoms with van der Waals surface area (Å²) in [5, 5.41) is 15.5. The minimum atomic E-state index is -1.12. The summed E-state index contributed by atoms with van der Waals surface area (Å²) in [5.41, 5.74) is 3.90. The van der Waals surface area contributed by atoms with E-state index in [0.29, 0.717) is 22.2 Å². The summed E-state index contributed by atoms with van der Waals surface area (Å²) in [6, 6.07) is 9.75. The van der Waals surface area contributed by atoms with Gasteiger partial charge in [0.1, 0.15) is 11.8 Å². The van der Waals surface area contributed by atoms with Crippen LogP contribution in [-0.2, 0) is 14.4 Å². The first-order chi connectivity index (χ1) is 17.1. The average molecular weight is 564 g/mol. The van der Waals surface area contributed by atoms with E-state index in [1.807, 2.05) is 39.0 Å². The van der Waals surface area contributed by atoms with Gasteiger partial charge >= 0.3 is 5.97 Å². The smallest absolute Gasteiger partial charge is 0.341 e. The molecule has 2 rings (SSSR count). The van der Waals surface area contributed by atoms with Crippen molar-refractivity contribution >= 4 is 39.9 Å². The summed E-state index contributed by atoms with van der Waals surface area (Å²) in [6.07, 6.45) is 1.80. The van der Waals surface area contributed by atoms with Gasteiger partial charge in [0.15, 0.2) is 24.7 Å². The van der Waals surface area contributed by atoms with Crippen molar-refractivity contribution in [3.8, 4) is 17.2 Å². The molecular formula is C25H30BrN3O7. The van der Waals surface area contributed by atoms with E-state index < -0.39 is 30.4 Å². The topological polar surface area (TPSA) is 136 Å². The minimum Gasteiger partial charge on any atom is -0.493 e. The number of ether oxygens (including phenoxy) is 3. The maximum atomic E-state index is 12.7. The Morgan fingerprint density at radius 2 is 1.83 bits per heavy atom. The molecule has 0 fully saturated rings. The Labute approximate surface area is 218 Å². The summed E-state index contributed by atoms with van der Waals surface area (Å²) in [7, 11) is 1.42. The molecule has 1 atom stereocenters. The van der Waals surface area contributed by atoms with E-state index in [1.54, 1.807) is 18.2 Å². The number of hydrogen-bond donors (Lipinski definition) is 3. The predicted molar refractivity (Wildman–Crippen MR) is 138 cm³/mol. The van der Waals surface area contributed by atoms with Gasteiger partial charge in [-0.1, -0.05) is 32.0 Å². The Kier molecular flexibility index (Phi) is 11.2. The van der Waals surface area contributed by atoms with Crippen LogP contribution >= 0.6 is 15.9 Å². The van der Waals surface area contributed by atoms with Crippen molar-refractivity contribution in [3.63, 3.8) is 0 Å². The number of methoxy groups -OCH3 is 1. The quantitative estimate of drug-likeness (QED) is 0.251. The molecule has 2 aromatic carbocycles. The Bertz CT molecular complexity index is 1110. The fourth-order valence-electron chi connectivity index (χ4n) is 3.14. The standard InChI is InChI=1S/C25H30BrN3O7/c1-15(2)9-19(28-22(30)13-35-20-8-6-5-7-16(20)3)25(33)29-27-12-17-10-18(26)24(21(11-17)34-4)36-14-23(31)32/h5-8,10-12,15,19H,9,13-14H2,1-4H3,(H,28,30)(H,29,33)(H,31,32)/b27-12-/t19-/m1/s1.